The second-order valence-corrected chi connectivity index (χ2v) is 3.87. The van der Waals surface area contributed by atoms with Gasteiger partial charge < -0.3 is 16.2 Å². The molecule has 1 aliphatic heterocycles. The number of nitrogens with two attached hydrogens (primary N) is 1. The zero-order valence-corrected chi connectivity index (χ0v) is 9.90. The van der Waals surface area contributed by atoms with Gasteiger partial charge >= 0.3 is 0 Å². The van der Waals surface area contributed by atoms with Crippen molar-refractivity contribution in [3.63, 3.8) is 0 Å². The lowest BCUT2D eigenvalue weighted by Gasteiger charge is -2.25. The smallest absolute Gasteiger partial charge is 0.125 e. The van der Waals surface area contributed by atoms with E-state index in [1.54, 1.807) is 12.1 Å². The highest BCUT2D eigenvalue weighted by molar-refractivity contribution is 5.36. The molecule has 0 aromatic heterocycles. The average Bonchev–Trinajstić information content (AvgIpc) is 2.31. The van der Waals surface area contributed by atoms with Gasteiger partial charge in [0.2, 0.25) is 0 Å². The fraction of sp³-hybridized carbons (Fsp3) is 0.500. The molecule has 4 nitrogen and oxygen atoms in total. The molecular formula is C12H20FN3O. The molecule has 1 fully saturated rings. The van der Waals surface area contributed by atoms with Crippen molar-refractivity contribution in [1.29, 1.82) is 0 Å². The minimum absolute atomic E-state index is 0.287. The van der Waals surface area contributed by atoms with Crippen LogP contribution in [0.15, 0.2) is 24.3 Å². The number of halogens is 1. The molecule has 1 aromatic rings. The molecule has 0 saturated carbocycles. The summed E-state index contributed by atoms with van der Waals surface area (Å²) in [7, 11) is 0. The zero-order valence-electron chi connectivity index (χ0n) is 9.90. The van der Waals surface area contributed by atoms with Crippen LogP contribution >= 0.6 is 0 Å². The zero-order chi connectivity index (χ0) is 12.5. The molecule has 96 valence electrons. The molecule has 1 aromatic carbocycles. The lowest BCUT2D eigenvalue weighted by atomic mass is 10.3. The normalized spacial score (nSPS) is 16.1. The Bertz CT molecular complexity index is 296. The van der Waals surface area contributed by atoms with Crippen molar-refractivity contribution in [3.8, 4) is 0 Å². The van der Waals surface area contributed by atoms with Crippen molar-refractivity contribution >= 4 is 5.69 Å². The van der Waals surface area contributed by atoms with Gasteiger partial charge in [0.1, 0.15) is 5.82 Å². The molecule has 0 atom stereocenters. The number of nitrogen functional groups attached to an aromatic ring is 1. The molecule has 4 N–H and O–H groups in total. The van der Waals surface area contributed by atoms with Crippen LogP contribution in [0, 0.1) is 5.82 Å². The van der Waals surface area contributed by atoms with Gasteiger partial charge in [-0.2, -0.15) is 0 Å². The van der Waals surface area contributed by atoms with E-state index in [0.717, 1.165) is 32.7 Å². The van der Waals surface area contributed by atoms with Crippen LogP contribution in [0.5, 0.6) is 0 Å². The number of piperazine rings is 1. The summed E-state index contributed by atoms with van der Waals surface area (Å²) in [6, 6.07) is 5.85. The van der Waals surface area contributed by atoms with Crippen molar-refractivity contribution in [3.05, 3.63) is 30.1 Å². The molecule has 2 rings (SSSR count). The van der Waals surface area contributed by atoms with Crippen LogP contribution in [-0.2, 0) is 0 Å². The van der Waals surface area contributed by atoms with Crippen LogP contribution in [-0.4, -0.2) is 49.3 Å². The van der Waals surface area contributed by atoms with Crippen molar-refractivity contribution < 1.29 is 9.50 Å². The number of hydrogen-bond acceptors (Lipinski definition) is 4. The van der Waals surface area contributed by atoms with E-state index >= 15 is 0 Å². The van der Waals surface area contributed by atoms with Crippen molar-refractivity contribution in [2.75, 3.05) is 45.1 Å². The van der Waals surface area contributed by atoms with E-state index in [1.165, 1.54) is 12.1 Å². The molecule has 0 unspecified atom stereocenters. The summed E-state index contributed by atoms with van der Waals surface area (Å²) >= 11 is 0. The minimum Gasteiger partial charge on any atom is -0.399 e. The Kier molecular flexibility index (Phi) is 6.54. The summed E-state index contributed by atoms with van der Waals surface area (Å²) in [6.45, 7) is 5.43. The molecule has 17 heavy (non-hydrogen) atoms. The largest absolute Gasteiger partial charge is 0.399 e. The third kappa shape index (κ3) is 6.21. The van der Waals surface area contributed by atoms with Gasteiger partial charge in [0, 0.05) is 38.4 Å². The van der Waals surface area contributed by atoms with E-state index < -0.39 is 0 Å². The molecule has 0 spiro atoms. The van der Waals surface area contributed by atoms with Crippen LogP contribution in [0.25, 0.3) is 0 Å². The lowest BCUT2D eigenvalue weighted by Crippen LogP contribution is -2.44. The Morgan fingerprint density at radius 1 is 1.35 bits per heavy atom. The number of aliphatic hydroxyl groups excluding tert-OH is 1. The SMILES string of the molecule is Nc1cccc(F)c1.OCCN1CCNCC1. The quantitative estimate of drug-likeness (QED) is 0.651. The number of anilines is 1. The number of rotatable bonds is 2. The summed E-state index contributed by atoms with van der Waals surface area (Å²) in [5.41, 5.74) is 5.68. The second-order valence-electron chi connectivity index (χ2n) is 3.87. The molecule has 0 amide bonds. The highest BCUT2D eigenvalue weighted by atomic mass is 19.1. The highest BCUT2D eigenvalue weighted by Gasteiger charge is 2.06. The van der Waals surface area contributed by atoms with E-state index in [4.69, 9.17) is 10.8 Å². The summed E-state index contributed by atoms with van der Waals surface area (Å²) in [4.78, 5) is 2.26. The van der Waals surface area contributed by atoms with Gasteiger partial charge in [-0.15, -0.1) is 0 Å². The number of β-amino-alcohol motifs (C(OH)–C–C–N with tert-alkyl or cyclic N) is 1. The maximum absolute atomic E-state index is 12.1. The van der Waals surface area contributed by atoms with Gasteiger partial charge in [0.25, 0.3) is 0 Å². The standard InChI is InChI=1S/C6H6FN.C6H14N2O/c7-5-2-1-3-6(8)4-5;9-6-5-8-3-1-7-2-4-8/h1-4H,8H2;7,9H,1-6H2. The topological polar surface area (TPSA) is 61.5 Å². The summed E-state index contributed by atoms with van der Waals surface area (Å²) in [5.74, 6) is -0.287. The Balaban J connectivity index is 0.000000171. The molecular weight excluding hydrogens is 221 g/mol. The average molecular weight is 241 g/mol. The van der Waals surface area contributed by atoms with E-state index in [9.17, 15) is 4.39 Å². The van der Waals surface area contributed by atoms with Crippen LogP contribution < -0.4 is 11.1 Å². The maximum Gasteiger partial charge on any atom is 0.125 e. The third-order valence-electron chi connectivity index (χ3n) is 2.47. The van der Waals surface area contributed by atoms with Gasteiger partial charge in [-0.05, 0) is 18.2 Å². The van der Waals surface area contributed by atoms with E-state index in [2.05, 4.69) is 10.2 Å². The molecule has 0 radical (unpaired) electrons. The van der Waals surface area contributed by atoms with Crippen molar-refractivity contribution in [2.24, 2.45) is 0 Å². The van der Waals surface area contributed by atoms with Crippen LogP contribution in [0.1, 0.15) is 0 Å². The highest BCUT2D eigenvalue weighted by Crippen LogP contribution is 2.02. The lowest BCUT2D eigenvalue weighted by molar-refractivity contribution is 0.180. The molecule has 0 bridgehead atoms. The fourth-order valence-corrected chi connectivity index (χ4v) is 1.58. The van der Waals surface area contributed by atoms with Crippen LogP contribution in [0.3, 0.4) is 0 Å². The first kappa shape index (κ1) is 13.9. The summed E-state index contributed by atoms with van der Waals surface area (Å²) in [6.07, 6.45) is 0. The number of aliphatic hydroxyl groups is 1. The Morgan fingerprint density at radius 3 is 2.53 bits per heavy atom. The van der Waals surface area contributed by atoms with Gasteiger partial charge in [-0.25, -0.2) is 4.39 Å². The Labute approximate surface area is 101 Å². The molecule has 1 saturated heterocycles. The molecule has 1 heterocycles. The maximum atomic E-state index is 12.1. The Hall–Kier alpha value is -1.17. The molecule has 1 aliphatic rings. The number of hydrogen-bond donors (Lipinski definition) is 3. The van der Waals surface area contributed by atoms with Crippen LogP contribution in [0.4, 0.5) is 10.1 Å². The number of benzene rings is 1. The third-order valence-corrected chi connectivity index (χ3v) is 2.47. The van der Waals surface area contributed by atoms with E-state index in [1.807, 2.05) is 0 Å². The fourth-order valence-electron chi connectivity index (χ4n) is 1.58. The predicted molar refractivity (Wildman–Crippen MR) is 67.2 cm³/mol. The van der Waals surface area contributed by atoms with Gasteiger partial charge in [0.15, 0.2) is 0 Å². The first-order valence-corrected chi connectivity index (χ1v) is 5.77. The number of nitrogens with zero attached hydrogens (tertiary/aromatic N) is 1. The number of nitrogens with one attached hydrogen (secondary N) is 1. The summed E-state index contributed by atoms with van der Waals surface area (Å²) < 4.78 is 12.1. The van der Waals surface area contributed by atoms with Crippen LogP contribution in [0.2, 0.25) is 0 Å². The van der Waals surface area contributed by atoms with Crippen molar-refractivity contribution in [1.82, 2.24) is 10.2 Å². The Morgan fingerprint density at radius 2 is 2.06 bits per heavy atom. The summed E-state index contributed by atoms with van der Waals surface area (Å²) in [5, 5.41) is 11.8. The first-order chi connectivity index (χ1) is 8.22. The first-order valence-electron chi connectivity index (χ1n) is 5.77. The van der Waals surface area contributed by atoms with Crippen molar-refractivity contribution in [2.45, 2.75) is 0 Å². The van der Waals surface area contributed by atoms with E-state index in [-0.39, 0.29) is 5.82 Å². The van der Waals surface area contributed by atoms with Gasteiger partial charge in [-0.3, -0.25) is 4.90 Å². The van der Waals surface area contributed by atoms with Gasteiger partial charge in [0.05, 0.1) is 6.61 Å². The molecule has 5 heteroatoms. The molecule has 0 aliphatic carbocycles. The van der Waals surface area contributed by atoms with Gasteiger partial charge in [-0.1, -0.05) is 6.07 Å². The minimum atomic E-state index is -0.287. The van der Waals surface area contributed by atoms with E-state index in [0.29, 0.717) is 12.3 Å². The second kappa shape index (κ2) is 8.00. The monoisotopic (exact) mass is 241 g/mol. The predicted octanol–water partition coefficient (Wildman–Crippen LogP) is 0.292.